The molecule has 2 aromatic carbocycles. The van der Waals surface area contributed by atoms with Crippen LogP contribution in [0.3, 0.4) is 0 Å². The molecular formula is C27H29FN6O4. The lowest BCUT2D eigenvalue weighted by Gasteiger charge is -2.33. The van der Waals surface area contributed by atoms with Crippen LogP contribution < -0.4 is 10.1 Å². The number of carbonyl (C=O) groups is 2. The van der Waals surface area contributed by atoms with Crippen molar-refractivity contribution in [3.8, 4) is 17.1 Å². The summed E-state index contributed by atoms with van der Waals surface area (Å²) in [5.74, 6) is 0.154. The molecule has 10 nitrogen and oxygen atoms in total. The molecular weight excluding hydrogens is 491 g/mol. The first-order valence-electron chi connectivity index (χ1n) is 11.9. The Hall–Kier alpha value is -4.54. The van der Waals surface area contributed by atoms with Crippen molar-refractivity contribution >= 4 is 11.8 Å². The number of rotatable bonds is 9. The Morgan fingerprint density at radius 2 is 1.82 bits per heavy atom. The van der Waals surface area contributed by atoms with E-state index in [1.54, 1.807) is 43.5 Å². The Bertz CT molecular complexity index is 1360. The van der Waals surface area contributed by atoms with E-state index < -0.39 is 29.2 Å². The van der Waals surface area contributed by atoms with E-state index in [0.717, 1.165) is 0 Å². The molecule has 0 aliphatic carbocycles. The zero-order valence-corrected chi connectivity index (χ0v) is 21.6. The third-order valence-electron chi connectivity index (χ3n) is 5.55. The molecule has 2 aromatic heterocycles. The lowest BCUT2D eigenvalue weighted by Crippen LogP contribution is -2.49. The van der Waals surface area contributed by atoms with Gasteiger partial charge in [-0.15, -0.1) is 10.2 Å². The molecule has 2 amide bonds. The molecule has 11 heteroatoms. The summed E-state index contributed by atoms with van der Waals surface area (Å²) in [5.41, 5.74) is 0.569. The van der Waals surface area contributed by atoms with Gasteiger partial charge in [0, 0.05) is 11.1 Å². The third-order valence-corrected chi connectivity index (χ3v) is 5.55. The van der Waals surface area contributed by atoms with Crippen LogP contribution in [0, 0.1) is 5.82 Å². The van der Waals surface area contributed by atoms with Gasteiger partial charge < -0.3 is 19.4 Å². The van der Waals surface area contributed by atoms with Gasteiger partial charge in [-0.3, -0.25) is 9.59 Å². The summed E-state index contributed by atoms with van der Waals surface area (Å²) < 4.78 is 24.4. The predicted octanol–water partition coefficient (Wildman–Crippen LogP) is 3.77. The third kappa shape index (κ3) is 6.61. The van der Waals surface area contributed by atoms with E-state index in [9.17, 15) is 14.0 Å². The number of furan rings is 1. The van der Waals surface area contributed by atoms with Gasteiger partial charge in [-0.2, -0.15) is 4.80 Å². The van der Waals surface area contributed by atoms with E-state index in [-0.39, 0.29) is 13.1 Å². The topological polar surface area (TPSA) is 115 Å². The number of carbonyl (C=O) groups excluding carboxylic acids is 2. The van der Waals surface area contributed by atoms with Gasteiger partial charge in [-0.25, -0.2) is 4.39 Å². The van der Waals surface area contributed by atoms with Gasteiger partial charge in [-0.05, 0) is 80.1 Å². The Kier molecular flexibility index (Phi) is 7.85. The van der Waals surface area contributed by atoms with Gasteiger partial charge in [0.2, 0.25) is 17.6 Å². The van der Waals surface area contributed by atoms with Crippen LogP contribution >= 0.6 is 0 Å². The van der Waals surface area contributed by atoms with Crippen LogP contribution in [0.2, 0.25) is 0 Å². The minimum Gasteiger partial charge on any atom is -0.497 e. The molecule has 1 atom stereocenters. The summed E-state index contributed by atoms with van der Waals surface area (Å²) >= 11 is 0. The molecule has 4 aromatic rings. The lowest BCUT2D eigenvalue weighted by atomic mass is 10.0. The molecule has 0 saturated carbocycles. The van der Waals surface area contributed by atoms with Crippen LogP contribution in [0.15, 0.2) is 71.3 Å². The smallest absolute Gasteiger partial charge is 0.247 e. The Morgan fingerprint density at radius 3 is 2.42 bits per heavy atom. The first kappa shape index (κ1) is 26.5. The summed E-state index contributed by atoms with van der Waals surface area (Å²) in [6, 6.07) is 14.9. The lowest BCUT2D eigenvalue weighted by molar-refractivity contribution is -0.143. The van der Waals surface area contributed by atoms with Gasteiger partial charge in [0.05, 0.1) is 19.9 Å². The molecule has 2 heterocycles. The van der Waals surface area contributed by atoms with Gasteiger partial charge in [-0.1, -0.05) is 12.1 Å². The average molecular weight is 521 g/mol. The summed E-state index contributed by atoms with van der Waals surface area (Å²) in [4.78, 5) is 29.8. The van der Waals surface area contributed by atoms with E-state index in [1.165, 1.54) is 40.2 Å². The number of hydrogen-bond donors (Lipinski definition) is 1. The number of benzene rings is 2. The van der Waals surface area contributed by atoms with Crippen LogP contribution in [0.25, 0.3) is 11.4 Å². The molecule has 0 aliphatic heterocycles. The maximum Gasteiger partial charge on any atom is 0.247 e. The van der Waals surface area contributed by atoms with Crippen molar-refractivity contribution in [1.82, 2.24) is 30.4 Å². The van der Waals surface area contributed by atoms with Crippen molar-refractivity contribution in [1.29, 1.82) is 0 Å². The summed E-state index contributed by atoms with van der Waals surface area (Å²) in [5, 5.41) is 15.3. The second-order valence-corrected chi connectivity index (χ2v) is 9.67. The number of nitrogens with one attached hydrogen (secondary N) is 1. The van der Waals surface area contributed by atoms with Crippen LogP contribution in [0.5, 0.6) is 5.75 Å². The van der Waals surface area contributed by atoms with E-state index >= 15 is 0 Å². The minimum atomic E-state index is -1.07. The molecule has 0 radical (unpaired) electrons. The molecule has 4 rings (SSSR count). The number of halogens is 1. The van der Waals surface area contributed by atoms with Crippen molar-refractivity contribution in [2.75, 3.05) is 7.11 Å². The molecule has 198 valence electrons. The van der Waals surface area contributed by atoms with E-state index in [0.29, 0.717) is 28.5 Å². The monoisotopic (exact) mass is 520 g/mol. The van der Waals surface area contributed by atoms with Crippen molar-refractivity contribution in [2.45, 2.75) is 45.4 Å². The van der Waals surface area contributed by atoms with Crippen LogP contribution in [-0.4, -0.2) is 49.6 Å². The fourth-order valence-corrected chi connectivity index (χ4v) is 3.83. The van der Waals surface area contributed by atoms with E-state index in [4.69, 9.17) is 9.15 Å². The number of amides is 2. The first-order chi connectivity index (χ1) is 18.1. The minimum absolute atomic E-state index is 0.00846. The predicted molar refractivity (Wildman–Crippen MR) is 136 cm³/mol. The number of hydrogen-bond acceptors (Lipinski definition) is 7. The molecule has 38 heavy (non-hydrogen) atoms. The molecule has 0 aliphatic rings. The largest absolute Gasteiger partial charge is 0.497 e. The van der Waals surface area contributed by atoms with Crippen molar-refractivity contribution < 1.29 is 23.1 Å². The van der Waals surface area contributed by atoms with Crippen molar-refractivity contribution in [2.24, 2.45) is 0 Å². The highest BCUT2D eigenvalue weighted by Gasteiger charge is 2.34. The fraction of sp³-hybridized carbons (Fsp3) is 0.296. The standard InChI is InChI=1S/C27H29FN6O4/c1-27(2,3)29-26(36)24(18-7-11-20(28)12-8-18)33(16-22-6-5-15-38-22)23(35)17-34-31-25(30-32-34)19-9-13-21(37-4)14-10-19/h5-15,24H,16-17H2,1-4H3,(H,29,36)/t24-/m1/s1. The maximum atomic E-state index is 13.7. The molecule has 0 saturated heterocycles. The summed E-state index contributed by atoms with van der Waals surface area (Å²) in [6.07, 6.45) is 1.49. The van der Waals surface area contributed by atoms with Gasteiger partial charge in [0.25, 0.3) is 0 Å². The highest BCUT2D eigenvalue weighted by Crippen LogP contribution is 2.26. The molecule has 0 fully saturated rings. The van der Waals surface area contributed by atoms with Crippen LogP contribution in [0.4, 0.5) is 4.39 Å². The molecule has 0 unspecified atom stereocenters. The number of nitrogens with zero attached hydrogens (tertiary/aromatic N) is 5. The zero-order chi connectivity index (χ0) is 27.3. The maximum absolute atomic E-state index is 13.7. The van der Waals surface area contributed by atoms with Gasteiger partial charge in [0.15, 0.2) is 0 Å². The highest BCUT2D eigenvalue weighted by atomic mass is 19.1. The Labute approximate surface area is 219 Å². The van der Waals surface area contributed by atoms with E-state index in [1.807, 2.05) is 20.8 Å². The summed E-state index contributed by atoms with van der Waals surface area (Å²) in [6.45, 7) is 5.22. The van der Waals surface area contributed by atoms with Gasteiger partial charge >= 0.3 is 0 Å². The van der Waals surface area contributed by atoms with Crippen LogP contribution in [0.1, 0.15) is 38.1 Å². The first-order valence-corrected chi connectivity index (χ1v) is 11.9. The summed E-state index contributed by atoms with van der Waals surface area (Å²) in [7, 11) is 1.57. The second-order valence-electron chi connectivity index (χ2n) is 9.67. The number of ether oxygens (including phenoxy) is 1. The molecule has 0 bridgehead atoms. The van der Waals surface area contributed by atoms with Crippen LogP contribution in [-0.2, 0) is 22.7 Å². The highest BCUT2D eigenvalue weighted by molar-refractivity contribution is 5.89. The SMILES string of the molecule is COc1ccc(-c2nnn(CC(=O)N(Cc3ccco3)[C@@H](C(=O)NC(C)(C)C)c3ccc(F)cc3)n2)cc1. The number of aromatic nitrogens is 4. The Balaban J connectivity index is 1.65. The second kappa shape index (κ2) is 11.2. The van der Waals surface area contributed by atoms with E-state index in [2.05, 4.69) is 20.7 Å². The van der Waals surface area contributed by atoms with Gasteiger partial charge in [0.1, 0.15) is 29.9 Å². The zero-order valence-electron chi connectivity index (χ0n) is 21.6. The van der Waals surface area contributed by atoms with Crippen molar-refractivity contribution in [3.63, 3.8) is 0 Å². The normalized spacial score (nSPS) is 12.1. The number of methoxy groups -OCH3 is 1. The molecule has 0 spiro atoms. The van der Waals surface area contributed by atoms with Crippen molar-refractivity contribution in [3.05, 3.63) is 84.1 Å². The quantitative estimate of drug-likeness (QED) is 0.357. The molecule has 1 N–H and O–H groups in total. The Morgan fingerprint density at radius 1 is 1.11 bits per heavy atom. The fourth-order valence-electron chi connectivity index (χ4n) is 3.83. The average Bonchev–Trinajstić information content (AvgIpc) is 3.56. The number of tetrazole rings is 1.